The average molecular weight is 243 g/mol. The number of amides is 3. The van der Waals surface area contributed by atoms with E-state index < -0.39 is 17.5 Å². The molecular formula is C10H17N3O4. The van der Waals surface area contributed by atoms with Crippen LogP contribution in [0.2, 0.25) is 0 Å². The monoisotopic (exact) mass is 243 g/mol. The van der Waals surface area contributed by atoms with Crippen LogP contribution in [0.1, 0.15) is 25.7 Å². The number of carboxylic acid groups (broad SMARTS) is 1. The van der Waals surface area contributed by atoms with Gasteiger partial charge in [0, 0.05) is 7.05 Å². The minimum Gasteiger partial charge on any atom is -0.480 e. The topological polar surface area (TPSA) is 108 Å². The number of carbonyl (C=O) groups excluding carboxylic acids is 2. The summed E-state index contributed by atoms with van der Waals surface area (Å²) in [4.78, 5) is 33.5. The zero-order valence-electron chi connectivity index (χ0n) is 9.71. The van der Waals surface area contributed by atoms with Crippen LogP contribution in [0.4, 0.5) is 4.79 Å². The van der Waals surface area contributed by atoms with Crippen molar-refractivity contribution in [1.82, 2.24) is 16.0 Å². The molecule has 0 unspecified atom stereocenters. The fourth-order valence-corrected chi connectivity index (χ4v) is 1.88. The maximum atomic E-state index is 11.5. The Morgan fingerprint density at radius 3 is 2.29 bits per heavy atom. The van der Waals surface area contributed by atoms with E-state index in [-0.39, 0.29) is 12.5 Å². The van der Waals surface area contributed by atoms with E-state index in [1.54, 1.807) is 0 Å². The molecule has 0 radical (unpaired) electrons. The highest BCUT2D eigenvalue weighted by molar-refractivity contribution is 5.88. The molecule has 4 N–H and O–H groups in total. The molecule has 1 aliphatic carbocycles. The van der Waals surface area contributed by atoms with Crippen LogP contribution in [0.15, 0.2) is 0 Å². The molecule has 0 bridgehead atoms. The second-order valence-corrected chi connectivity index (χ2v) is 4.08. The molecule has 0 heterocycles. The van der Waals surface area contributed by atoms with Gasteiger partial charge in [0.25, 0.3) is 0 Å². The lowest BCUT2D eigenvalue weighted by atomic mass is 9.98. The molecule has 1 saturated carbocycles. The Balaban J connectivity index is 2.48. The van der Waals surface area contributed by atoms with Crippen molar-refractivity contribution in [2.75, 3.05) is 13.6 Å². The SMILES string of the molecule is CNC(=O)CNC(=O)NC1(C(=O)O)CCCC1. The van der Waals surface area contributed by atoms with E-state index in [2.05, 4.69) is 16.0 Å². The van der Waals surface area contributed by atoms with Gasteiger partial charge in [-0.3, -0.25) is 4.79 Å². The van der Waals surface area contributed by atoms with E-state index in [1.807, 2.05) is 0 Å². The average Bonchev–Trinajstić information content (AvgIpc) is 2.75. The van der Waals surface area contributed by atoms with Crippen LogP contribution in [0.5, 0.6) is 0 Å². The molecule has 17 heavy (non-hydrogen) atoms. The highest BCUT2D eigenvalue weighted by atomic mass is 16.4. The van der Waals surface area contributed by atoms with Crippen LogP contribution < -0.4 is 16.0 Å². The largest absolute Gasteiger partial charge is 0.480 e. The fraction of sp³-hybridized carbons (Fsp3) is 0.700. The van der Waals surface area contributed by atoms with Crippen molar-refractivity contribution in [3.05, 3.63) is 0 Å². The maximum Gasteiger partial charge on any atom is 0.329 e. The van der Waals surface area contributed by atoms with Crippen molar-refractivity contribution >= 4 is 17.9 Å². The Hall–Kier alpha value is -1.79. The van der Waals surface area contributed by atoms with Gasteiger partial charge in [0.05, 0.1) is 6.54 Å². The highest BCUT2D eigenvalue weighted by Crippen LogP contribution is 2.29. The summed E-state index contributed by atoms with van der Waals surface area (Å²) in [5, 5.41) is 16.2. The summed E-state index contributed by atoms with van der Waals surface area (Å²) in [5.74, 6) is -1.36. The van der Waals surface area contributed by atoms with Gasteiger partial charge >= 0.3 is 12.0 Å². The number of carbonyl (C=O) groups is 3. The summed E-state index contributed by atoms with van der Waals surface area (Å²) in [6.45, 7) is -0.169. The van der Waals surface area contributed by atoms with Crippen molar-refractivity contribution in [3.8, 4) is 0 Å². The van der Waals surface area contributed by atoms with Crippen molar-refractivity contribution in [2.24, 2.45) is 0 Å². The van der Waals surface area contributed by atoms with E-state index in [9.17, 15) is 14.4 Å². The van der Waals surface area contributed by atoms with Crippen LogP contribution in [0.25, 0.3) is 0 Å². The molecule has 3 amide bonds. The smallest absolute Gasteiger partial charge is 0.329 e. The number of carboxylic acids is 1. The second-order valence-electron chi connectivity index (χ2n) is 4.08. The highest BCUT2D eigenvalue weighted by Gasteiger charge is 2.42. The van der Waals surface area contributed by atoms with Crippen LogP contribution in [-0.2, 0) is 9.59 Å². The Kier molecular flexibility index (Phi) is 4.30. The van der Waals surface area contributed by atoms with Gasteiger partial charge in [0.15, 0.2) is 0 Å². The van der Waals surface area contributed by atoms with Gasteiger partial charge in [-0.05, 0) is 12.8 Å². The lowest BCUT2D eigenvalue weighted by molar-refractivity contribution is -0.144. The van der Waals surface area contributed by atoms with Crippen molar-refractivity contribution in [3.63, 3.8) is 0 Å². The minimum absolute atomic E-state index is 0.169. The molecule has 1 rings (SSSR count). The molecule has 1 fully saturated rings. The number of hydrogen-bond acceptors (Lipinski definition) is 3. The second kappa shape index (κ2) is 5.51. The number of rotatable bonds is 4. The summed E-state index contributed by atoms with van der Waals surface area (Å²) in [5.41, 5.74) is -1.17. The van der Waals surface area contributed by atoms with Gasteiger partial charge in [-0.2, -0.15) is 0 Å². The zero-order valence-corrected chi connectivity index (χ0v) is 9.71. The molecule has 0 aromatic carbocycles. The Morgan fingerprint density at radius 1 is 1.24 bits per heavy atom. The number of likely N-dealkylation sites (N-methyl/N-ethyl adjacent to an activating group) is 1. The number of hydrogen-bond donors (Lipinski definition) is 4. The molecule has 7 heteroatoms. The first kappa shape index (κ1) is 13.3. The Labute approximate surface area is 98.9 Å². The van der Waals surface area contributed by atoms with Crippen LogP contribution >= 0.6 is 0 Å². The predicted molar refractivity (Wildman–Crippen MR) is 59.4 cm³/mol. The first-order chi connectivity index (χ1) is 8.00. The third-order valence-corrected chi connectivity index (χ3v) is 2.91. The van der Waals surface area contributed by atoms with E-state index in [1.165, 1.54) is 7.05 Å². The van der Waals surface area contributed by atoms with Gasteiger partial charge in [0.2, 0.25) is 5.91 Å². The van der Waals surface area contributed by atoms with E-state index in [0.29, 0.717) is 12.8 Å². The third-order valence-electron chi connectivity index (χ3n) is 2.91. The molecule has 0 aromatic rings. The molecule has 0 atom stereocenters. The molecule has 0 aromatic heterocycles. The van der Waals surface area contributed by atoms with Crippen molar-refractivity contribution < 1.29 is 19.5 Å². The summed E-state index contributed by atoms with van der Waals surface area (Å²) in [6, 6.07) is -0.627. The van der Waals surface area contributed by atoms with Gasteiger partial charge in [-0.1, -0.05) is 12.8 Å². The zero-order chi connectivity index (χ0) is 12.9. The predicted octanol–water partition coefficient (Wildman–Crippen LogP) is -0.571. The standard InChI is InChI=1S/C10H17N3O4/c1-11-7(14)6-12-9(17)13-10(8(15)16)4-2-3-5-10/h2-6H2,1H3,(H,11,14)(H,15,16)(H2,12,13,17). The van der Waals surface area contributed by atoms with E-state index >= 15 is 0 Å². The summed E-state index contributed by atoms with van der Waals surface area (Å²) >= 11 is 0. The molecule has 7 nitrogen and oxygen atoms in total. The van der Waals surface area contributed by atoms with Crippen LogP contribution in [0.3, 0.4) is 0 Å². The normalized spacial score (nSPS) is 17.2. The van der Waals surface area contributed by atoms with E-state index in [0.717, 1.165) is 12.8 Å². The summed E-state index contributed by atoms with van der Waals surface area (Å²) in [7, 11) is 1.46. The molecular weight excluding hydrogens is 226 g/mol. The molecule has 0 spiro atoms. The summed E-state index contributed by atoms with van der Waals surface area (Å²) in [6.07, 6.45) is 2.41. The van der Waals surface area contributed by atoms with Crippen molar-refractivity contribution in [2.45, 2.75) is 31.2 Å². The van der Waals surface area contributed by atoms with Gasteiger partial charge in [-0.25, -0.2) is 9.59 Å². The molecule has 0 saturated heterocycles. The van der Waals surface area contributed by atoms with E-state index in [4.69, 9.17) is 5.11 Å². The first-order valence-corrected chi connectivity index (χ1v) is 5.50. The lowest BCUT2D eigenvalue weighted by Crippen LogP contribution is -2.56. The minimum atomic E-state index is -1.17. The van der Waals surface area contributed by atoms with Gasteiger partial charge < -0.3 is 21.1 Å². The lowest BCUT2D eigenvalue weighted by Gasteiger charge is -2.25. The van der Waals surface area contributed by atoms with Gasteiger partial charge in [0.1, 0.15) is 5.54 Å². The maximum absolute atomic E-state index is 11.5. The van der Waals surface area contributed by atoms with Crippen LogP contribution in [-0.4, -0.2) is 42.1 Å². The number of urea groups is 1. The molecule has 96 valence electrons. The fourth-order valence-electron chi connectivity index (χ4n) is 1.88. The number of nitrogens with one attached hydrogen (secondary N) is 3. The summed E-state index contributed by atoms with van der Waals surface area (Å²) < 4.78 is 0. The quantitative estimate of drug-likeness (QED) is 0.530. The molecule has 1 aliphatic rings. The van der Waals surface area contributed by atoms with Gasteiger partial charge in [-0.15, -0.1) is 0 Å². The Bertz CT molecular complexity index is 324. The van der Waals surface area contributed by atoms with Crippen molar-refractivity contribution in [1.29, 1.82) is 0 Å². The number of aliphatic carboxylic acids is 1. The molecule has 0 aliphatic heterocycles. The Morgan fingerprint density at radius 2 is 1.82 bits per heavy atom. The first-order valence-electron chi connectivity index (χ1n) is 5.50. The third kappa shape index (κ3) is 3.33. The van der Waals surface area contributed by atoms with Crippen LogP contribution in [0, 0.1) is 0 Å².